The molecule has 0 heterocycles. The van der Waals surface area contributed by atoms with Crippen molar-refractivity contribution in [1.29, 1.82) is 0 Å². The van der Waals surface area contributed by atoms with E-state index in [1.54, 1.807) is 21.1 Å². The Bertz CT molecular complexity index is 452. The van der Waals surface area contributed by atoms with Crippen molar-refractivity contribution in [3.05, 3.63) is 23.3 Å². The standard InChI is InChI=1S/C15H22O4/c1-9(2)12-7-11(6-10(3)15(16)17)13(18-4)8-14(12)19-5/h7-10H,6H2,1-5H3,(H,16,17). The van der Waals surface area contributed by atoms with Crippen LogP contribution in [0.25, 0.3) is 0 Å². The Morgan fingerprint density at radius 3 is 2.16 bits per heavy atom. The summed E-state index contributed by atoms with van der Waals surface area (Å²) in [6.07, 6.45) is 0.447. The second-order valence-electron chi connectivity index (χ2n) is 5.00. The molecule has 0 saturated carbocycles. The second kappa shape index (κ2) is 6.45. The summed E-state index contributed by atoms with van der Waals surface area (Å²) in [5.74, 6) is 0.513. The van der Waals surface area contributed by atoms with Gasteiger partial charge in [0.25, 0.3) is 0 Å². The summed E-state index contributed by atoms with van der Waals surface area (Å²) in [6.45, 7) is 5.85. The second-order valence-corrected chi connectivity index (χ2v) is 5.00. The van der Waals surface area contributed by atoms with Gasteiger partial charge in [0, 0.05) is 6.07 Å². The number of benzene rings is 1. The van der Waals surface area contributed by atoms with Crippen LogP contribution in [0.5, 0.6) is 11.5 Å². The van der Waals surface area contributed by atoms with Crippen LogP contribution in [0.1, 0.15) is 37.8 Å². The number of ether oxygens (including phenoxy) is 2. The highest BCUT2D eigenvalue weighted by Gasteiger charge is 2.18. The average Bonchev–Trinajstić information content (AvgIpc) is 2.37. The quantitative estimate of drug-likeness (QED) is 0.859. The molecule has 106 valence electrons. The molecule has 0 spiro atoms. The van der Waals surface area contributed by atoms with Crippen molar-refractivity contribution in [3.8, 4) is 11.5 Å². The van der Waals surface area contributed by atoms with E-state index in [9.17, 15) is 4.79 Å². The van der Waals surface area contributed by atoms with Crippen molar-refractivity contribution >= 4 is 5.97 Å². The fourth-order valence-corrected chi connectivity index (χ4v) is 2.02. The summed E-state index contributed by atoms with van der Waals surface area (Å²) in [7, 11) is 3.21. The number of methoxy groups -OCH3 is 2. The van der Waals surface area contributed by atoms with Crippen molar-refractivity contribution in [3.63, 3.8) is 0 Å². The molecule has 0 aliphatic carbocycles. The molecule has 4 heteroatoms. The smallest absolute Gasteiger partial charge is 0.306 e. The van der Waals surface area contributed by atoms with Crippen LogP contribution < -0.4 is 9.47 Å². The third kappa shape index (κ3) is 3.63. The molecule has 1 unspecified atom stereocenters. The summed E-state index contributed by atoms with van der Waals surface area (Å²) in [4.78, 5) is 11.0. The highest BCUT2D eigenvalue weighted by atomic mass is 16.5. The first-order valence-electron chi connectivity index (χ1n) is 6.38. The minimum absolute atomic E-state index is 0.305. The third-order valence-corrected chi connectivity index (χ3v) is 3.20. The first kappa shape index (κ1) is 15.3. The molecular formula is C15H22O4. The molecule has 0 radical (unpaired) electrons. The lowest BCUT2D eigenvalue weighted by molar-refractivity contribution is -0.141. The number of hydrogen-bond acceptors (Lipinski definition) is 3. The summed E-state index contributed by atoms with van der Waals surface area (Å²) >= 11 is 0. The topological polar surface area (TPSA) is 55.8 Å². The van der Waals surface area contributed by atoms with Gasteiger partial charge in [0.05, 0.1) is 20.1 Å². The lowest BCUT2D eigenvalue weighted by Gasteiger charge is -2.18. The Balaban J connectivity index is 3.21. The molecule has 1 aromatic rings. The van der Waals surface area contributed by atoms with Gasteiger partial charge in [0.2, 0.25) is 0 Å². The van der Waals surface area contributed by atoms with Crippen LogP contribution in [0.3, 0.4) is 0 Å². The number of hydrogen-bond donors (Lipinski definition) is 1. The number of carboxylic acid groups (broad SMARTS) is 1. The first-order chi connectivity index (χ1) is 8.90. The highest BCUT2D eigenvalue weighted by molar-refractivity contribution is 5.70. The largest absolute Gasteiger partial charge is 0.496 e. The lowest BCUT2D eigenvalue weighted by atomic mass is 9.94. The molecule has 19 heavy (non-hydrogen) atoms. The summed E-state index contributed by atoms with van der Waals surface area (Å²) in [5.41, 5.74) is 1.97. The predicted molar refractivity (Wildman–Crippen MR) is 74.1 cm³/mol. The van der Waals surface area contributed by atoms with Gasteiger partial charge in [-0.2, -0.15) is 0 Å². The molecule has 1 N–H and O–H groups in total. The van der Waals surface area contributed by atoms with E-state index in [1.807, 2.05) is 12.1 Å². The van der Waals surface area contributed by atoms with Crippen molar-refractivity contribution in [2.75, 3.05) is 14.2 Å². The number of aliphatic carboxylic acids is 1. The molecule has 0 amide bonds. The van der Waals surface area contributed by atoms with E-state index in [4.69, 9.17) is 14.6 Å². The number of carboxylic acids is 1. The summed E-state index contributed by atoms with van der Waals surface area (Å²) in [6, 6.07) is 3.82. The first-order valence-corrected chi connectivity index (χ1v) is 6.38. The molecule has 1 rings (SSSR count). The normalized spacial score (nSPS) is 12.3. The van der Waals surface area contributed by atoms with Crippen LogP contribution in [-0.2, 0) is 11.2 Å². The van der Waals surface area contributed by atoms with E-state index in [0.717, 1.165) is 16.9 Å². The van der Waals surface area contributed by atoms with E-state index in [0.29, 0.717) is 18.1 Å². The molecule has 0 fully saturated rings. The monoisotopic (exact) mass is 266 g/mol. The van der Waals surface area contributed by atoms with Crippen LogP contribution >= 0.6 is 0 Å². The van der Waals surface area contributed by atoms with Gasteiger partial charge < -0.3 is 14.6 Å². The van der Waals surface area contributed by atoms with Gasteiger partial charge in [-0.25, -0.2) is 0 Å². The van der Waals surface area contributed by atoms with Crippen LogP contribution in [0, 0.1) is 5.92 Å². The summed E-state index contributed by atoms with van der Waals surface area (Å²) in [5, 5.41) is 9.02. The van der Waals surface area contributed by atoms with E-state index in [-0.39, 0.29) is 0 Å². The highest BCUT2D eigenvalue weighted by Crippen LogP contribution is 2.34. The molecule has 0 bridgehead atoms. The predicted octanol–water partition coefficient (Wildman–Crippen LogP) is 3.09. The van der Waals surface area contributed by atoms with Crippen LogP contribution in [0.15, 0.2) is 12.1 Å². The minimum Gasteiger partial charge on any atom is -0.496 e. The maximum Gasteiger partial charge on any atom is 0.306 e. The van der Waals surface area contributed by atoms with E-state index in [1.165, 1.54) is 0 Å². The van der Waals surface area contributed by atoms with Gasteiger partial charge >= 0.3 is 5.97 Å². The van der Waals surface area contributed by atoms with Gasteiger partial charge in [-0.3, -0.25) is 4.79 Å². The Kier molecular flexibility index (Phi) is 5.21. The van der Waals surface area contributed by atoms with Crippen molar-refractivity contribution < 1.29 is 19.4 Å². The maximum atomic E-state index is 11.0. The van der Waals surface area contributed by atoms with Crippen molar-refractivity contribution in [1.82, 2.24) is 0 Å². The molecule has 0 aromatic heterocycles. The molecule has 0 aliphatic heterocycles. The van der Waals surface area contributed by atoms with E-state index < -0.39 is 11.9 Å². The molecule has 1 atom stereocenters. The minimum atomic E-state index is -0.802. The molecule has 0 saturated heterocycles. The summed E-state index contributed by atoms with van der Waals surface area (Å²) < 4.78 is 10.7. The zero-order chi connectivity index (χ0) is 14.6. The zero-order valence-corrected chi connectivity index (χ0v) is 12.2. The molecular weight excluding hydrogens is 244 g/mol. The molecule has 1 aromatic carbocycles. The van der Waals surface area contributed by atoms with Crippen LogP contribution in [0.4, 0.5) is 0 Å². The lowest BCUT2D eigenvalue weighted by Crippen LogP contribution is -2.13. The molecule has 0 aliphatic rings. The van der Waals surface area contributed by atoms with Gasteiger partial charge in [-0.1, -0.05) is 20.8 Å². The van der Waals surface area contributed by atoms with Gasteiger partial charge in [0.15, 0.2) is 0 Å². The number of rotatable bonds is 6. The average molecular weight is 266 g/mol. The fraction of sp³-hybridized carbons (Fsp3) is 0.533. The number of carbonyl (C=O) groups is 1. The Morgan fingerprint density at radius 1 is 1.16 bits per heavy atom. The van der Waals surface area contributed by atoms with Crippen LogP contribution in [0.2, 0.25) is 0 Å². The van der Waals surface area contributed by atoms with Gasteiger partial charge in [-0.15, -0.1) is 0 Å². The fourth-order valence-electron chi connectivity index (χ4n) is 2.02. The zero-order valence-electron chi connectivity index (χ0n) is 12.2. The van der Waals surface area contributed by atoms with Crippen molar-refractivity contribution in [2.24, 2.45) is 5.92 Å². The van der Waals surface area contributed by atoms with Gasteiger partial charge in [0.1, 0.15) is 11.5 Å². The van der Waals surface area contributed by atoms with E-state index >= 15 is 0 Å². The van der Waals surface area contributed by atoms with E-state index in [2.05, 4.69) is 13.8 Å². The van der Waals surface area contributed by atoms with Crippen molar-refractivity contribution in [2.45, 2.75) is 33.1 Å². The third-order valence-electron chi connectivity index (χ3n) is 3.20. The Morgan fingerprint density at radius 2 is 1.74 bits per heavy atom. The Labute approximate surface area is 114 Å². The molecule has 4 nitrogen and oxygen atoms in total. The Hall–Kier alpha value is -1.71. The maximum absolute atomic E-state index is 11.0. The SMILES string of the molecule is COc1cc(OC)c(C(C)C)cc1CC(C)C(=O)O. The van der Waals surface area contributed by atoms with Gasteiger partial charge in [-0.05, 0) is 29.5 Å². The van der Waals surface area contributed by atoms with Crippen LogP contribution in [-0.4, -0.2) is 25.3 Å².